The van der Waals surface area contributed by atoms with Gasteiger partial charge in [-0.1, -0.05) is 34.8 Å². The van der Waals surface area contributed by atoms with Crippen molar-refractivity contribution >= 4 is 64.9 Å². The summed E-state index contributed by atoms with van der Waals surface area (Å²) in [7, 11) is 0. The van der Waals surface area contributed by atoms with Gasteiger partial charge < -0.3 is 0 Å². The smallest absolute Gasteiger partial charge is 0.143 e. The summed E-state index contributed by atoms with van der Waals surface area (Å²) < 4.78 is 1.17. The van der Waals surface area contributed by atoms with E-state index in [2.05, 4.69) is 40.3 Å². The molecule has 0 bridgehead atoms. The van der Waals surface area contributed by atoms with Gasteiger partial charge in [0.25, 0.3) is 0 Å². The normalized spacial score (nSPS) is 11.6. The molecule has 5 aromatic heterocycles. The topological polar surface area (TPSA) is 64.5 Å². The molecule has 0 amide bonds. The second-order valence-corrected chi connectivity index (χ2v) is 10.5. The van der Waals surface area contributed by atoms with Crippen LogP contribution in [-0.4, -0.2) is 24.9 Å². The Hall–Kier alpha value is -3.59. The van der Waals surface area contributed by atoms with Crippen molar-refractivity contribution in [3.63, 3.8) is 0 Å². The average molecular weight is 480 g/mol. The summed E-state index contributed by atoms with van der Waals surface area (Å²) in [5.41, 5.74) is 5.97. The first-order chi connectivity index (χ1) is 16.3. The fourth-order valence-corrected chi connectivity index (χ4v) is 6.52. The first kappa shape index (κ1) is 18.9. The van der Waals surface area contributed by atoms with E-state index in [1.165, 1.54) is 4.70 Å². The van der Waals surface area contributed by atoms with Crippen LogP contribution in [0.2, 0.25) is 0 Å². The molecule has 0 aliphatic carbocycles. The molecule has 0 atom stereocenters. The molecule has 5 heterocycles. The number of benzene rings is 2. The first-order valence-corrected chi connectivity index (χ1v) is 12.7. The number of hydrogen-bond donors (Lipinski definition) is 0. The van der Waals surface area contributed by atoms with Crippen LogP contribution in [0.5, 0.6) is 0 Å². The fraction of sp³-hybridized carbons (Fsp3) is 0. The number of thiazole rings is 3. The van der Waals surface area contributed by atoms with Gasteiger partial charge in [-0.2, -0.15) is 0 Å². The zero-order valence-electron chi connectivity index (χ0n) is 17.0. The second-order valence-electron chi connectivity index (χ2n) is 7.48. The highest BCUT2D eigenvalue weighted by Crippen LogP contribution is 2.39. The number of para-hydroxylation sites is 1. The summed E-state index contributed by atoms with van der Waals surface area (Å²) in [6, 6.07) is 22.6. The quantitative estimate of drug-likeness (QED) is 0.266. The van der Waals surface area contributed by atoms with Crippen LogP contribution in [0, 0.1) is 0 Å². The molecule has 0 N–H and O–H groups in total. The standard InChI is InChI=1S/C25H13N5S3/c1-2-8-20-17(5-1)28-21(31-20)14-11-15(22-29-18-6-3-9-26-24(18)32-22)13-16(12-14)23-30-19-7-4-10-27-25(19)33-23/h1-13H. The number of rotatable bonds is 3. The Morgan fingerprint density at radius 2 is 0.970 bits per heavy atom. The molecule has 7 rings (SSSR count). The molecule has 8 heteroatoms. The Labute approximate surface area is 200 Å². The maximum absolute atomic E-state index is 4.90. The lowest BCUT2D eigenvalue weighted by atomic mass is 10.1. The van der Waals surface area contributed by atoms with Crippen molar-refractivity contribution in [2.24, 2.45) is 0 Å². The second kappa shape index (κ2) is 7.48. The minimum Gasteiger partial charge on any atom is -0.244 e. The number of pyridine rings is 2. The summed E-state index contributed by atoms with van der Waals surface area (Å²) in [4.78, 5) is 25.4. The molecule has 5 nitrogen and oxygen atoms in total. The maximum Gasteiger partial charge on any atom is 0.143 e. The number of nitrogens with zero attached hydrogens (tertiary/aromatic N) is 5. The van der Waals surface area contributed by atoms with Gasteiger partial charge in [0.2, 0.25) is 0 Å². The van der Waals surface area contributed by atoms with Gasteiger partial charge in [0, 0.05) is 29.1 Å². The SMILES string of the molecule is c1ccc2sc(-c3cc(-c4nc5cccnc5s4)cc(-c4nc5cccnc5s4)c3)nc2c1. The van der Waals surface area contributed by atoms with Gasteiger partial charge in [0.1, 0.15) is 35.7 Å². The Morgan fingerprint density at radius 1 is 0.485 bits per heavy atom. The lowest BCUT2D eigenvalue weighted by Crippen LogP contribution is -1.85. The molecule has 0 unspecified atom stereocenters. The van der Waals surface area contributed by atoms with E-state index in [0.29, 0.717) is 0 Å². The Balaban J connectivity index is 1.46. The molecular formula is C25H13N5S3. The summed E-state index contributed by atoms with van der Waals surface area (Å²) in [6.07, 6.45) is 3.61. The van der Waals surface area contributed by atoms with Gasteiger partial charge in [-0.3, -0.25) is 0 Å². The zero-order chi connectivity index (χ0) is 21.8. The van der Waals surface area contributed by atoms with Gasteiger partial charge in [-0.15, -0.1) is 11.3 Å². The third-order valence-corrected chi connectivity index (χ3v) is 8.44. The highest BCUT2D eigenvalue weighted by molar-refractivity contribution is 7.22. The lowest BCUT2D eigenvalue weighted by Gasteiger charge is -2.05. The summed E-state index contributed by atoms with van der Waals surface area (Å²) in [5, 5.41) is 2.86. The lowest BCUT2D eigenvalue weighted by molar-refractivity contribution is 1.40. The predicted molar refractivity (Wildman–Crippen MR) is 138 cm³/mol. The van der Waals surface area contributed by atoms with Crippen LogP contribution in [0.4, 0.5) is 0 Å². The molecule has 0 radical (unpaired) electrons. The van der Waals surface area contributed by atoms with Gasteiger partial charge >= 0.3 is 0 Å². The summed E-state index contributed by atoms with van der Waals surface area (Å²) >= 11 is 4.90. The molecule has 156 valence electrons. The van der Waals surface area contributed by atoms with E-state index in [0.717, 1.165) is 57.9 Å². The van der Waals surface area contributed by atoms with Gasteiger partial charge in [0.15, 0.2) is 0 Å². The summed E-state index contributed by atoms with van der Waals surface area (Å²) in [6.45, 7) is 0. The van der Waals surface area contributed by atoms with E-state index in [4.69, 9.17) is 15.0 Å². The van der Waals surface area contributed by atoms with Crippen molar-refractivity contribution in [1.82, 2.24) is 24.9 Å². The minimum absolute atomic E-state index is 0.911. The fourth-order valence-electron chi connectivity index (χ4n) is 3.78. The van der Waals surface area contributed by atoms with E-state index in [1.54, 1.807) is 46.4 Å². The van der Waals surface area contributed by atoms with Crippen LogP contribution in [0.3, 0.4) is 0 Å². The van der Waals surface area contributed by atoms with E-state index in [1.807, 2.05) is 36.4 Å². The van der Waals surface area contributed by atoms with Crippen LogP contribution in [-0.2, 0) is 0 Å². The van der Waals surface area contributed by atoms with Gasteiger partial charge in [0.05, 0.1) is 10.2 Å². The third-order valence-electron chi connectivity index (χ3n) is 5.30. The molecule has 0 spiro atoms. The van der Waals surface area contributed by atoms with Gasteiger partial charge in [-0.05, 0) is 54.6 Å². The van der Waals surface area contributed by atoms with Crippen LogP contribution in [0.25, 0.3) is 62.6 Å². The number of hydrogen-bond acceptors (Lipinski definition) is 8. The van der Waals surface area contributed by atoms with Crippen molar-refractivity contribution in [2.75, 3.05) is 0 Å². The monoisotopic (exact) mass is 479 g/mol. The van der Waals surface area contributed by atoms with Crippen molar-refractivity contribution in [3.05, 3.63) is 79.1 Å². The highest BCUT2D eigenvalue weighted by atomic mass is 32.1. The molecule has 0 aliphatic rings. The highest BCUT2D eigenvalue weighted by Gasteiger charge is 2.16. The predicted octanol–water partition coefficient (Wildman–Crippen LogP) is 7.31. The molecule has 2 aromatic carbocycles. The number of aromatic nitrogens is 5. The zero-order valence-corrected chi connectivity index (χ0v) is 19.4. The van der Waals surface area contributed by atoms with Crippen LogP contribution >= 0.6 is 34.0 Å². The molecule has 0 aliphatic heterocycles. The maximum atomic E-state index is 4.90. The molecule has 7 aromatic rings. The summed E-state index contributed by atoms with van der Waals surface area (Å²) in [5.74, 6) is 0. The van der Waals surface area contributed by atoms with Crippen LogP contribution in [0.15, 0.2) is 79.1 Å². The van der Waals surface area contributed by atoms with Crippen LogP contribution in [0.1, 0.15) is 0 Å². The Bertz CT molecular complexity index is 1480. The van der Waals surface area contributed by atoms with Crippen LogP contribution < -0.4 is 0 Å². The average Bonchev–Trinajstić information content (AvgIpc) is 3.59. The Morgan fingerprint density at radius 3 is 1.52 bits per heavy atom. The van der Waals surface area contributed by atoms with Crippen molar-refractivity contribution in [1.29, 1.82) is 0 Å². The third kappa shape index (κ3) is 3.31. The minimum atomic E-state index is 0.911. The number of fused-ring (bicyclic) bond motifs is 3. The van der Waals surface area contributed by atoms with E-state index >= 15 is 0 Å². The van der Waals surface area contributed by atoms with Crippen molar-refractivity contribution in [3.8, 4) is 31.7 Å². The molecule has 33 heavy (non-hydrogen) atoms. The Kier molecular flexibility index (Phi) is 4.29. The molecular weight excluding hydrogens is 467 g/mol. The van der Waals surface area contributed by atoms with E-state index in [-0.39, 0.29) is 0 Å². The van der Waals surface area contributed by atoms with Crippen molar-refractivity contribution < 1.29 is 0 Å². The van der Waals surface area contributed by atoms with Gasteiger partial charge in [-0.25, -0.2) is 24.9 Å². The van der Waals surface area contributed by atoms with Crippen molar-refractivity contribution in [2.45, 2.75) is 0 Å². The molecule has 0 saturated carbocycles. The molecule has 0 saturated heterocycles. The van der Waals surface area contributed by atoms with E-state index < -0.39 is 0 Å². The van der Waals surface area contributed by atoms with E-state index in [9.17, 15) is 0 Å². The largest absolute Gasteiger partial charge is 0.244 e. The molecule has 0 fully saturated rings. The first-order valence-electron chi connectivity index (χ1n) is 10.3.